The summed E-state index contributed by atoms with van der Waals surface area (Å²) in [7, 11) is 0. The molecule has 0 aliphatic carbocycles. The quantitative estimate of drug-likeness (QED) is 0.165. The third-order valence-electron chi connectivity index (χ3n) is 12.1. The first-order chi connectivity index (χ1) is 28.3. The second-order valence-corrected chi connectivity index (χ2v) is 16.1. The molecule has 13 rings (SSSR count). The van der Waals surface area contributed by atoms with Gasteiger partial charge in [0.2, 0.25) is 0 Å². The highest BCUT2D eigenvalue weighted by Crippen LogP contribution is 2.50. The molecule has 4 aromatic heterocycles. The molecule has 0 saturated carbocycles. The smallest absolute Gasteiger partial charge is 0.137 e. The molecule has 3 nitrogen and oxygen atoms in total. The molecular formula is C53H31N3S. The Balaban J connectivity index is 1.14. The lowest BCUT2D eigenvalue weighted by molar-refractivity contribution is 1.19. The third kappa shape index (κ3) is 4.33. The van der Waals surface area contributed by atoms with E-state index in [1.807, 2.05) is 29.5 Å². The van der Waals surface area contributed by atoms with Crippen molar-refractivity contribution in [1.29, 1.82) is 0 Å². The zero-order valence-corrected chi connectivity index (χ0v) is 31.5. The molecule has 0 fully saturated rings. The highest BCUT2D eigenvalue weighted by molar-refractivity contribution is 7.27. The normalized spacial score (nSPS) is 12.2. The van der Waals surface area contributed by atoms with Gasteiger partial charge in [-0.05, 0) is 79.7 Å². The fourth-order valence-corrected chi connectivity index (χ4v) is 11.0. The van der Waals surface area contributed by atoms with Crippen LogP contribution >= 0.6 is 11.3 Å². The summed E-state index contributed by atoms with van der Waals surface area (Å²) in [5.74, 6) is 0. The van der Waals surface area contributed by atoms with Crippen LogP contribution in [0.4, 0.5) is 0 Å². The number of pyridine rings is 1. The van der Waals surface area contributed by atoms with Gasteiger partial charge >= 0.3 is 0 Å². The van der Waals surface area contributed by atoms with Crippen LogP contribution in [0.15, 0.2) is 188 Å². The first-order valence-electron chi connectivity index (χ1n) is 19.5. The van der Waals surface area contributed by atoms with Crippen LogP contribution in [0, 0.1) is 0 Å². The molecule has 0 aliphatic heterocycles. The molecule has 9 aromatic carbocycles. The molecule has 57 heavy (non-hydrogen) atoms. The Hall–Kier alpha value is -7.27. The van der Waals surface area contributed by atoms with Gasteiger partial charge in [-0.15, -0.1) is 11.3 Å². The minimum absolute atomic E-state index is 0.946. The number of fused-ring (bicyclic) bond motifs is 16. The summed E-state index contributed by atoms with van der Waals surface area (Å²) in [4.78, 5) is 4.92. The number of aromatic nitrogens is 3. The number of hydrogen-bond acceptors (Lipinski definition) is 2. The standard InChI is InChI=1S/C53H31N3S/c1-2-13-35-33(12-1)30-45(39-17-4-3-14-36(35)39)43-21-11-20-42-44-27-28-47-50(53(44)57-52(42)43)49-40-18-7-5-15-37(40)38-16-6-8-19-41(38)51(49)56(47)34-25-23-32(24-26-34)46-31-55-29-10-9-22-48(55)54-46/h1-31H. The monoisotopic (exact) mass is 741 g/mol. The second-order valence-electron chi connectivity index (χ2n) is 15.1. The van der Waals surface area contributed by atoms with E-state index in [9.17, 15) is 0 Å². The molecule has 264 valence electrons. The van der Waals surface area contributed by atoms with Gasteiger partial charge in [0, 0.05) is 65.5 Å². The van der Waals surface area contributed by atoms with Crippen LogP contribution < -0.4 is 0 Å². The number of thiophene rings is 1. The lowest BCUT2D eigenvalue weighted by atomic mass is 9.92. The third-order valence-corrected chi connectivity index (χ3v) is 13.4. The molecule has 0 N–H and O–H groups in total. The van der Waals surface area contributed by atoms with Gasteiger partial charge < -0.3 is 8.97 Å². The predicted octanol–water partition coefficient (Wildman–Crippen LogP) is 14.7. The fourth-order valence-electron chi connectivity index (χ4n) is 9.62. The molecule has 0 spiro atoms. The zero-order valence-electron chi connectivity index (χ0n) is 30.6. The minimum atomic E-state index is 0.946. The van der Waals surface area contributed by atoms with Gasteiger partial charge in [0.25, 0.3) is 0 Å². The van der Waals surface area contributed by atoms with Crippen LogP contribution in [0.2, 0.25) is 0 Å². The Morgan fingerprint density at radius 3 is 1.89 bits per heavy atom. The largest absolute Gasteiger partial charge is 0.309 e. The van der Waals surface area contributed by atoms with Crippen molar-refractivity contribution in [2.45, 2.75) is 0 Å². The van der Waals surface area contributed by atoms with Crippen molar-refractivity contribution >= 4 is 102 Å². The zero-order chi connectivity index (χ0) is 37.2. The number of benzene rings is 9. The van der Waals surface area contributed by atoms with Crippen LogP contribution in [0.1, 0.15) is 0 Å². The van der Waals surface area contributed by atoms with E-state index in [-0.39, 0.29) is 0 Å². The summed E-state index contributed by atoms with van der Waals surface area (Å²) >= 11 is 1.94. The van der Waals surface area contributed by atoms with Gasteiger partial charge in [-0.25, -0.2) is 4.98 Å². The van der Waals surface area contributed by atoms with Crippen molar-refractivity contribution in [3.05, 3.63) is 188 Å². The van der Waals surface area contributed by atoms with Gasteiger partial charge in [-0.1, -0.05) is 140 Å². The molecule has 0 aliphatic rings. The molecule has 0 amide bonds. The summed E-state index contributed by atoms with van der Waals surface area (Å²) in [6.45, 7) is 0. The maximum absolute atomic E-state index is 4.92. The Morgan fingerprint density at radius 2 is 1.09 bits per heavy atom. The summed E-state index contributed by atoms with van der Waals surface area (Å²) in [5, 5.41) is 15.4. The molecule has 4 heteroatoms. The van der Waals surface area contributed by atoms with E-state index in [1.54, 1.807) is 0 Å². The Bertz CT molecular complexity index is 3770. The van der Waals surface area contributed by atoms with E-state index >= 15 is 0 Å². The second kappa shape index (κ2) is 11.6. The van der Waals surface area contributed by atoms with E-state index in [1.165, 1.54) is 96.2 Å². The van der Waals surface area contributed by atoms with Gasteiger partial charge in [-0.2, -0.15) is 0 Å². The van der Waals surface area contributed by atoms with Gasteiger partial charge in [-0.3, -0.25) is 0 Å². The van der Waals surface area contributed by atoms with Crippen LogP contribution in [-0.2, 0) is 0 Å². The summed E-state index contributed by atoms with van der Waals surface area (Å²) in [5.41, 5.74) is 9.16. The van der Waals surface area contributed by atoms with Crippen molar-refractivity contribution in [1.82, 2.24) is 14.0 Å². The number of rotatable bonds is 3. The summed E-state index contributed by atoms with van der Waals surface area (Å²) in [6, 6.07) is 64.7. The van der Waals surface area contributed by atoms with E-state index in [0.717, 1.165) is 22.6 Å². The average Bonchev–Trinajstić information content (AvgIpc) is 3.99. The van der Waals surface area contributed by atoms with Gasteiger partial charge in [0.15, 0.2) is 0 Å². The topological polar surface area (TPSA) is 22.2 Å². The van der Waals surface area contributed by atoms with Crippen LogP contribution in [0.5, 0.6) is 0 Å². The van der Waals surface area contributed by atoms with Crippen molar-refractivity contribution in [2.75, 3.05) is 0 Å². The Labute approximate surface area is 330 Å². The first kappa shape index (κ1) is 31.0. The average molecular weight is 742 g/mol. The lowest BCUT2D eigenvalue weighted by Gasteiger charge is -2.12. The van der Waals surface area contributed by atoms with E-state index in [4.69, 9.17) is 4.98 Å². The van der Waals surface area contributed by atoms with Crippen LogP contribution in [0.3, 0.4) is 0 Å². The van der Waals surface area contributed by atoms with Crippen LogP contribution in [0.25, 0.3) is 119 Å². The molecule has 0 bridgehead atoms. The summed E-state index contributed by atoms with van der Waals surface area (Å²) < 4.78 is 7.24. The number of nitrogens with zero attached hydrogens (tertiary/aromatic N) is 3. The SMILES string of the molecule is c1ccc2c(c1)cc(-c1cccc3c1sc1c3ccc3c1c1c4ccccc4c4ccccc4c1n3-c1ccc(-c3cn4ccccc4n3)cc1)c1ccccc12. The van der Waals surface area contributed by atoms with E-state index in [2.05, 4.69) is 179 Å². The van der Waals surface area contributed by atoms with Crippen molar-refractivity contribution in [3.63, 3.8) is 0 Å². The molecule has 0 unspecified atom stereocenters. The maximum Gasteiger partial charge on any atom is 0.137 e. The van der Waals surface area contributed by atoms with Gasteiger partial charge in [0.05, 0.1) is 16.7 Å². The van der Waals surface area contributed by atoms with E-state index < -0.39 is 0 Å². The fraction of sp³-hybridized carbons (Fsp3) is 0. The van der Waals surface area contributed by atoms with Gasteiger partial charge in [0.1, 0.15) is 5.65 Å². The first-order valence-corrected chi connectivity index (χ1v) is 20.3. The molecule has 0 saturated heterocycles. The van der Waals surface area contributed by atoms with Crippen molar-refractivity contribution < 1.29 is 0 Å². The number of imidazole rings is 1. The highest BCUT2D eigenvalue weighted by atomic mass is 32.1. The summed E-state index contributed by atoms with van der Waals surface area (Å²) in [6.07, 6.45) is 4.16. The maximum atomic E-state index is 4.92. The molecule has 0 atom stereocenters. The number of hydrogen-bond donors (Lipinski definition) is 0. The lowest BCUT2D eigenvalue weighted by Crippen LogP contribution is -1.95. The molecular weight excluding hydrogens is 711 g/mol. The predicted molar refractivity (Wildman–Crippen MR) is 243 cm³/mol. The minimum Gasteiger partial charge on any atom is -0.309 e. The highest BCUT2D eigenvalue weighted by Gasteiger charge is 2.23. The van der Waals surface area contributed by atoms with Crippen molar-refractivity contribution in [3.8, 4) is 28.1 Å². The Kier molecular flexibility index (Phi) is 6.32. The molecule has 13 aromatic rings. The van der Waals surface area contributed by atoms with Crippen molar-refractivity contribution in [2.24, 2.45) is 0 Å². The van der Waals surface area contributed by atoms with E-state index in [0.29, 0.717) is 0 Å². The molecule has 4 heterocycles. The molecule has 0 radical (unpaired) electrons. The van der Waals surface area contributed by atoms with Crippen LogP contribution in [-0.4, -0.2) is 14.0 Å². The Morgan fingerprint density at radius 1 is 0.439 bits per heavy atom.